The number of nitrogens with one attached hydrogen (secondary N) is 1. The van der Waals surface area contributed by atoms with Crippen LogP contribution in [0.5, 0.6) is 11.5 Å². The standard InChI is InChI=1S/C11H17NO6S/c1-12-9-4-5-10(16-3)11(6-9)18-19(13,14)8-17-7-15-2/h4-6,12H,7-8H2,1-3H3. The third-order valence-electron chi connectivity index (χ3n) is 2.10. The SMILES string of the molecule is CNc1ccc(OC)c(OS(=O)(=O)COCOC)c1. The molecule has 0 saturated carbocycles. The van der Waals surface area contributed by atoms with Gasteiger partial charge in [-0.15, -0.1) is 0 Å². The fourth-order valence-electron chi connectivity index (χ4n) is 1.28. The van der Waals surface area contributed by atoms with Crippen LogP contribution in [0.25, 0.3) is 0 Å². The van der Waals surface area contributed by atoms with Crippen LogP contribution in [0.3, 0.4) is 0 Å². The Morgan fingerprint density at radius 2 is 1.95 bits per heavy atom. The molecule has 0 unspecified atom stereocenters. The molecule has 0 heterocycles. The molecule has 1 N–H and O–H groups in total. The van der Waals surface area contributed by atoms with Crippen LogP contribution in [0.15, 0.2) is 18.2 Å². The van der Waals surface area contributed by atoms with Crippen molar-refractivity contribution in [1.29, 1.82) is 0 Å². The summed E-state index contributed by atoms with van der Waals surface area (Å²) in [5.41, 5.74) is 0.698. The molecule has 1 aromatic carbocycles. The van der Waals surface area contributed by atoms with E-state index in [0.29, 0.717) is 11.4 Å². The average molecular weight is 291 g/mol. The number of anilines is 1. The van der Waals surface area contributed by atoms with Crippen molar-refractivity contribution >= 4 is 15.8 Å². The monoisotopic (exact) mass is 291 g/mol. The van der Waals surface area contributed by atoms with E-state index >= 15 is 0 Å². The quantitative estimate of drug-likeness (QED) is 0.435. The van der Waals surface area contributed by atoms with Gasteiger partial charge in [-0.05, 0) is 12.1 Å². The first kappa shape index (κ1) is 15.5. The molecule has 0 fully saturated rings. The summed E-state index contributed by atoms with van der Waals surface area (Å²) in [6.45, 7) is -0.129. The molecule has 19 heavy (non-hydrogen) atoms. The minimum absolute atomic E-state index is 0.0929. The van der Waals surface area contributed by atoms with E-state index in [4.69, 9.17) is 13.7 Å². The van der Waals surface area contributed by atoms with Crippen molar-refractivity contribution < 1.29 is 26.8 Å². The molecule has 0 radical (unpaired) electrons. The fourth-order valence-corrected chi connectivity index (χ4v) is 2.00. The van der Waals surface area contributed by atoms with Gasteiger partial charge in [-0.2, -0.15) is 8.42 Å². The van der Waals surface area contributed by atoms with Crippen LogP contribution in [-0.2, 0) is 19.6 Å². The summed E-state index contributed by atoms with van der Waals surface area (Å²) in [7, 11) is 0.657. The van der Waals surface area contributed by atoms with E-state index in [-0.39, 0.29) is 12.5 Å². The Morgan fingerprint density at radius 1 is 1.21 bits per heavy atom. The average Bonchev–Trinajstić information content (AvgIpc) is 2.38. The Balaban J connectivity index is 2.84. The summed E-state index contributed by atoms with van der Waals surface area (Å²) in [4.78, 5) is 0. The maximum Gasteiger partial charge on any atom is 0.333 e. The Morgan fingerprint density at radius 3 is 2.53 bits per heavy atom. The molecular weight excluding hydrogens is 274 g/mol. The first-order chi connectivity index (χ1) is 9.02. The molecule has 108 valence electrons. The second kappa shape index (κ2) is 7.17. The van der Waals surface area contributed by atoms with Gasteiger partial charge in [-0.25, -0.2) is 0 Å². The topological polar surface area (TPSA) is 83.1 Å². The minimum Gasteiger partial charge on any atom is -0.493 e. The van der Waals surface area contributed by atoms with Gasteiger partial charge in [0.1, 0.15) is 6.79 Å². The van der Waals surface area contributed by atoms with E-state index in [9.17, 15) is 8.42 Å². The van der Waals surface area contributed by atoms with E-state index in [2.05, 4.69) is 10.1 Å². The summed E-state index contributed by atoms with van der Waals surface area (Å²) < 4.78 is 42.7. The highest BCUT2D eigenvalue weighted by molar-refractivity contribution is 7.86. The highest BCUT2D eigenvalue weighted by Crippen LogP contribution is 2.31. The van der Waals surface area contributed by atoms with Gasteiger partial charge < -0.3 is 23.7 Å². The molecule has 8 heteroatoms. The fraction of sp³-hybridized carbons (Fsp3) is 0.455. The minimum atomic E-state index is -3.87. The smallest absolute Gasteiger partial charge is 0.333 e. The summed E-state index contributed by atoms with van der Waals surface area (Å²) >= 11 is 0. The number of ether oxygens (including phenoxy) is 3. The predicted molar refractivity (Wildman–Crippen MR) is 69.9 cm³/mol. The van der Waals surface area contributed by atoms with Crippen LogP contribution < -0.4 is 14.2 Å². The van der Waals surface area contributed by atoms with E-state index < -0.39 is 16.1 Å². The van der Waals surface area contributed by atoms with E-state index in [1.165, 1.54) is 20.3 Å². The van der Waals surface area contributed by atoms with Crippen LogP contribution in [-0.4, -0.2) is 42.4 Å². The van der Waals surface area contributed by atoms with Crippen molar-refractivity contribution in [1.82, 2.24) is 0 Å². The van der Waals surface area contributed by atoms with E-state index in [1.807, 2.05) is 0 Å². The van der Waals surface area contributed by atoms with Crippen molar-refractivity contribution in [2.24, 2.45) is 0 Å². The normalized spacial score (nSPS) is 11.1. The highest BCUT2D eigenvalue weighted by Gasteiger charge is 2.16. The Kier molecular flexibility index (Phi) is 5.87. The Bertz CT molecular complexity index is 502. The predicted octanol–water partition coefficient (Wildman–Crippen LogP) is 1.02. The van der Waals surface area contributed by atoms with Crippen molar-refractivity contribution in [2.75, 3.05) is 39.3 Å². The lowest BCUT2D eigenvalue weighted by molar-refractivity contribution is -0.0130. The van der Waals surface area contributed by atoms with Gasteiger partial charge in [0.15, 0.2) is 17.4 Å². The lowest BCUT2D eigenvalue weighted by atomic mass is 10.3. The van der Waals surface area contributed by atoms with Gasteiger partial charge in [0.2, 0.25) is 0 Å². The maximum absolute atomic E-state index is 11.7. The highest BCUT2D eigenvalue weighted by atomic mass is 32.2. The largest absolute Gasteiger partial charge is 0.493 e. The molecule has 7 nitrogen and oxygen atoms in total. The molecule has 0 atom stereocenters. The molecule has 0 spiro atoms. The van der Waals surface area contributed by atoms with Crippen LogP contribution in [0.4, 0.5) is 5.69 Å². The molecule has 0 saturated heterocycles. The molecule has 0 aliphatic carbocycles. The van der Waals surface area contributed by atoms with Crippen LogP contribution >= 0.6 is 0 Å². The lowest BCUT2D eigenvalue weighted by Crippen LogP contribution is -2.17. The van der Waals surface area contributed by atoms with Gasteiger partial charge in [0.05, 0.1) is 7.11 Å². The Hall–Kier alpha value is -1.51. The molecule has 0 amide bonds. The van der Waals surface area contributed by atoms with Gasteiger partial charge >= 0.3 is 10.1 Å². The number of hydrogen-bond acceptors (Lipinski definition) is 7. The number of rotatable bonds is 8. The summed E-state index contributed by atoms with van der Waals surface area (Å²) in [6, 6.07) is 4.86. The maximum atomic E-state index is 11.7. The van der Waals surface area contributed by atoms with Gasteiger partial charge in [0.25, 0.3) is 0 Å². The zero-order valence-corrected chi connectivity index (χ0v) is 11.8. The third kappa shape index (κ3) is 4.93. The molecule has 1 rings (SSSR count). The second-order valence-electron chi connectivity index (χ2n) is 3.49. The number of hydrogen-bond donors (Lipinski definition) is 1. The van der Waals surface area contributed by atoms with Crippen LogP contribution in [0.2, 0.25) is 0 Å². The molecule has 0 bridgehead atoms. The second-order valence-corrected chi connectivity index (χ2v) is 5.00. The molecular formula is C11H17NO6S. The number of benzene rings is 1. The van der Waals surface area contributed by atoms with Gasteiger partial charge in [-0.1, -0.05) is 0 Å². The molecule has 0 aliphatic heterocycles. The summed E-state index contributed by atoms with van der Waals surface area (Å²) in [5, 5.41) is 2.88. The van der Waals surface area contributed by atoms with Crippen LogP contribution in [0, 0.1) is 0 Å². The summed E-state index contributed by atoms with van der Waals surface area (Å²) in [5.74, 6) is -0.196. The first-order valence-corrected chi connectivity index (χ1v) is 6.94. The molecule has 1 aromatic rings. The molecule has 0 aromatic heterocycles. The van der Waals surface area contributed by atoms with E-state index in [0.717, 1.165) is 0 Å². The Labute approximate surface area is 112 Å². The van der Waals surface area contributed by atoms with Gasteiger partial charge in [0, 0.05) is 25.9 Å². The van der Waals surface area contributed by atoms with Crippen LogP contribution in [0.1, 0.15) is 0 Å². The van der Waals surface area contributed by atoms with Gasteiger partial charge in [-0.3, -0.25) is 0 Å². The number of methoxy groups -OCH3 is 2. The van der Waals surface area contributed by atoms with E-state index in [1.54, 1.807) is 19.2 Å². The van der Waals surface area contributed by atoms with Crippen molar-refractivity contribution in [3.63, 3.8) is 0 Å². The van der Waals surface area contributed by atoms with Crippen molar-refractivity contribution in [3.05, 3.63) is 18.2 Å². The summed E-state index contributed by atoms with van der Waals surface area (Å²) in [6.07, 6.45) is 0. The zero-order chi connectivity index (χ0) is 14.3. The van der Waals surface area contributed by atoms with Crippen molar-refractivity contribution in [2.45, 2.75) is 0 Å². The zero-order valence-electron chi connectivity index (χ0n) is 11.0. The first-order valence-electron chi connectivity index (χ1n) is 5.37. The third-order valence-corrected chi connectivity index (χ3v) is 2.99. The lowest BCUT2D eigenvalue weighted by Gasteiger charge is -2.12. The van der Waals surface area contributed by atoms with Crippen molar-refractivity contribution in [3.8, 4) is 11.5 Å². The molecule has 0 aliphatic rings.